The SMILES string of the molecule is CC1CCC([C@H](N)C(=O)Nc2cc(=O)n([C@H](C)C(=O)N(C)CC(F)(F)F)cc2F)CC1. The highest BCUT2D eigenvalue weighted by atomic mass is 19.4. The molecule has 2 rings (SSSR count). The van der Waals surface area contributed by atoms with E-state index < -0.39 is 53.7 Å². The van der Waals surface area contributed by atoms with Crippen molar-refractivity contribution in [1.29, 1.82) is 0 Å². The van der Waals surface area contributed by atoms with Crippen molar-refractivity contribution < 1.29 is 27.2 Å². The Morgan fingerprint density at radius 2 is 1.87 bits per heavy atom. The molecule has 1 saturated carbocycles. The van der Waals surface area contributed by atoms with Crippen molar-refractivity contribution in [2.24, 2.45) is 17.6 Å². The largest absolute Gasteiger partial charge is 0.406 e. The molecule has 1 fully saturated rings. The second-order valence-electron chi connectivity index (χ2n) is 8.30. The van der Waals surface area contributed by atoms with Gasteiger partial charge in [0.1, 0.15) is 12.6 Å². The van der Waals surface area contributed by atoms with Crippen molar-refractivity contribution >= 4 is 17.5 Å². The van der Waals surface area contributed by atoms with E-state index in [-0.39, 0.29) is 5.92 Å². The standard InChI is InChI=1S/C20H28F4N4O3/c1-11-4-6-13(7-5-11)17(25)18(30)26-15-8-16(29)28(9-14(15)21)12(2)19(31)27(3)10-20(22,23)24/h8-9,11-13,17H,4-7,10,25H2,1-3H3,(H,26,30)/t11?,12-,13?,17+/m1/s1. The van der Waals surface area contributed by atoms with Crippen LogP contribution in [0.4, 0.5) is 23.2 Å². The third-order valence-electron chi connectivity index (χ3n) is 5.73. The van der Waals surface area contributed by atoms with E-state index in [9.17, 15) is 31.9 Å². The van der Waals surface area contributed by atoms with Gasteiger partial charge in [-0.3, -0.25) is 14.4 Å². The van der Waals surface area contributed by atoms with Crippen molar-refractivity contribution in [2.45, 2.75) is 57.8 Å². The second-order valence-corrected chi connectivity index (χ2v) is 8.30. The number of aromatic nitrogens is 1. The summed E-state index contributed by atoms with van der Waals surface area (Å²) in [5.74, 6) is -2.11. The average Bonchev–Trinajstić information content (AvgIpc) is 2.68. The van der Waals surface area contributed by atoms with Gasteiger partial charge in [0, 0.05) is 19.3 Å². The first-order valence-corrected chi connectivity index (χ1v) is 10.1. The summed E-state index contributed by atoms with van der Waals surface area (Å²) in [4.78, 5) is 37.4. The molecule has 0 saturated heterocycles. The van der Waals surface area contributed by atoms with Crippen molar-refractivity contribution in [3.05, 3.63) is 28.4 Å². The average molecular weight is 448 g/mol. The number of pyridine rings is 1. The van der Waals surface area contributed by atoms with E-state index in [1.165, 1.54) is 6.92 Å². The number of anilines is 1. The normalized spacial score (nSPS) is 21.3. The van der Waals surface area contributed by atoms with E-state index in [0.29, 0.717) is 21.6 Å². The first-order chi connectivity index (χ1) is 14.3. The molecule has 3 N–H and O–H groups in total. The van der Waals surface area contributed by atoms with Crippen molar-refractivity contribution in [2.75, 3.05) is 18.9 Å². The van der Waals surface area contributed by atoms with Crippen LogP contribution in [0.2, 0.25) is 0 Å². The summed E-state index contributed by atoms with van der Waals surface area (Å²) in [6.07, 6.45) is -0.454. The van der Waals surface area contributed by atoms with Crippen LogP contribution in [0.3, 0.4) is 0 Å². The summed E-state index contributed by atoms with van der Waals surface area (Å²) < 4.78 is 52.7. The number of carbonyl (C=O) groups excluding carboxylic acids is 2. The number of hydrogen-bond acceptors (Lipinski definition) is 4. The van der Waals surface area contributed by atoms with Gasteiger partial charge in [-0.1, -0.05) is 19.8 Å². The zero-order valence-electron chi connectivity index (χ0n) is 17.7. The number of halogens is 4. The molecule has 1 heterocycles. The Labute approximate surface area is 177 Å². The van der Waals surface area contributed by atoms with Crippen LogP contribution in [-0.4, -0.2) is 47.1 Å². The Hall–Kier alpha value is -2.43. The van der Waals surface area contributed by atoms with E-state index >= 15 is 0 Å². The molecule has 0 aliphatic heterocycles. The number of nitrogens with two attached hydrogens (primary N) is 1. The molecule has 174 valence electrons. The molecule has 7 nitrogen and oxygen atoms in total. The van der Waals surface area contributed by atoms with E-state index in [1.54, 1.807) is 0 Å². The molecule has 1 aliphatic rings. The summed E-state index contributed by atoms with van der Waals surface area (Å²) >= 11 is 0. The third-order valence-corrected chi connectivity index (χ3v) is 5.73. The van der Waals surface area contributed by atoms with Crippen LogP contribution in [0.15, 0.2) is 17.1 Å². The first-order valence-electron chi connectivity index (χ1n) is 10.1. The number of carbonyl (C=O) groups is 2. The summed E-state index contributed by atoms with van der Waals surface area (Å²) in [7, 11) is 0.940. The smallest absolute Gasteiger partial charge is 0.335 e. The minimum atomic E-state index is -4.61. The van der Waals surface area contributed by atoms with Crippen LogP contribution in [-0.2, 0) is 9.59 Å². The maximum absolute atomic E-state index is 14.5. The van der Waals surface area contributed by atoms with Gasteiger partial charge in [-0.2, -0.15) is 13.2 Å². The zero-order valence-corrected chi connectivity index (χ0v) is 17.7. The first kappa shape index (κ1) is 24.8. The van der Waals surface area contributed by atoms with Gasteiger partial charge in [-0.25, -0.2) is 4.39 Å². The number of amides is 2. The van der Waals surface area contributed by atoms with Crippen LogP contribution in [0.1, 0.15) is 45.6 Å². The lowest BCUT2D eigenvalue weighted by Crippen LogP contribution is -2.43. The maximum atomic E-state index is 14.5. The molecule has 1 aliphatic carbocycles. The van der Waals surface area contributed by atoms with Gasteiger partial charge in [0.05, 0.1) is 11.7 Å². The molecule has 0 radical (unpaired) electrons. The molecular formula is C20H28F4N4O3. The van der Waals surface area contributed by atoms with Gasteiger partial charge < -0.3 is 20.5 Å². The Balaban J connectivity index is 2.12. The Morgan fingerprint density at radius 3 is 2.42 bits per heavy atom. The summed E-state index contributed by atoms with van der Waals surface area (Å²) in [6.45, 7) is 1.81. The van der Waals surface area contributed by atoms with Crippen LogP contribution < -0.4 is 16.6 Å². The fourth-order valence-corrected chi connectivity index (χ4v) is 3.78. The fourth-order valence-electron chi connectivity index (χ4n) is 3.78. The van der Waals surface area contributed by atoms with E-state index in [0.717, 1.165) is 38.8 Å². The van der Waals surface area contributed by atoms with Crippen LogP contribution in [0.25, 0.3) is 0 Å². The fraction of sp³-hybridized carbons (Fsp3) is 0.650. The van der Waals surface area contributed by atoms with Gasteiger partial charge >= 0.3 is 6.18 Å². The highest BCUT2D eigenvalue weighted by Gasteiger charge is 2.33. The second kappa shape index (κ2) is 9.80. The monoisotopic (exact) mass is 448 g/mol. The molecule has 31 heavy (non-hydrogen) atoms. The molecule has 0 aromatic carbocycles. The molecular weight excluding hydrogens is 420 g/mol. The molecule has 1 aromatic heterocycles. The van der Waals surface area contributed by atoms with Crippen LogP contribution in [0, 0.1) is 17.7 Å². The molecule has 1 aromatic rings. The van der Waals surface area contributed by atoms with Gasteiger partial charge in [-0.15, -0.1) is 0 Å². The maximum Gasteiger partial charge on any atom is 0.406 e. The predicted octanol–water partition coefficient (Wildman–Crippen LogP) is 2.66. The Morgan fingerprint density at radius 1 is 1.29 bits per heavy atom. The lowest BCUT2D eigenvalue weighted by Gasteiger charge is -2.29. The number of alkyl halides is 3. The van der Waals surface area contributed by atoms with Crippen LogP contribution >= 0.6 is 0 Å². The summed E-state index contributed by atoms with van der Waals surface area (Å²) in [5.41, 5.74) is 4.77. The van der Waals surface area contributed by atoms with Crippen molar-refractivity contribution in [1.82, 2.24) is 9.47 Å². The topological polar surface area (TPSA) is 97.4 Å². The summed E-state index contributed by atoms with van der Waals surface area (Å²) in [6, 6.07) is -1.44. The number of nitrogens with zero attached hydrogens (tertiary/aromatic N) is 2. The van der Waals surface area contributed by atoms with Gasteiger partial charge in [0.15, 0.2) is 5.82 Å². The lowest BCUT2D eigenvalue weighted by atomic mass is 9.79. The van der Waals surface area contributed by atoms with Gasteiger partial charge in [0.25, 0.3) is 5.56 Å². The van der Waals surface area contributed by atoms with Crippen LogP contribution in [0.5, 0.6) is 0 Å². The number of nitrogens with one attached hydrogen (secondary N) is 1. The quantitative estimate of drug-likeness (QED) is 0.654. The Bertz CT molecular complexity index is 863. The van der Waals surface area contributed by atoms with Gasteiger partial charge in [0.2, 0.25) is 11.8 Å². The molecule has 11 heteroatoms. The molecule has 0 unspecified atom stereocenters. The molecule has 0 spiro atoms. The van der Waals surface area contributed by atoms with Gasteiger partial charge in [-0.05, 0) is 31.6 Å². The third kappa shape index (κ3) is 6.52. The highest BCUT2D eigenvalue weighted by molar-refractivity contribution is 5.95. The predicted molar refractivity (Wildman–Crippen MR) is 107 cm³/mol. The van der Waals surface area contributed by atoms with E-state index in [4.69, 9.17) is 5.73 Å². The number of rotatable bonds is 6. The molecule has 2 amide bonds. The van der Waals surface area contributed by atoms with Crippen molar-refractivity contribution in [3.63, 3.8) is 0 Å². The molecule has 0 bridgehead atoms. The highest BCUT2D eigenvalue weighted by Crippen LogP contribution is 2.30. The van der Waals surface area contributed by atoms with Crippen molar-refractivity contribution in [3.8, 4) is 0 Å². The van der Waals surface area contributed by atoms with E-state index in [2.05, 4.69) is 12.2 Å². The van der Waals surface area contributed by atoms with E-state index in [1.807, 2.05) is 0 Å². The number of hydrogen-bond donors (Lipinski definition) is 2. The lowest BCUT2D eigenvalue weighted by molar-refractivity contribution is -0.160. The Kier molecular flexibility index (Phi) is 7.85. The minimum Gasteiger partial charge on any atom is -0.335 e. The minimum absolute atomic E-state index is 0.0403. The number of likely N-dealkylation sites (N-methyl/N-ethyl adjacent to an activating group) is 1. The summed E-state index contributed by atoms with van der Waals surface area (Å²) in [5, 5.41) is 2.31. The molecule has 2 atom stereocenters. The zero-order chi connectivity index (χ0) is 23.5.